The van der Waals surface area contributed by atoms with Crippen LogP contribution in [0.4, 0.5) is 8.78 Å². The van der Waals surface area contributed by atoms with Gasteiger partial charge in [-0.05, 0) is 37.9 Å². The van der Waals surface area contributed by atoms with Crippen LogP contribution in [0, 0.1) is 11.6 Å². The predicted octanol–water partition coefficient (Wildman–Crippen LogP) is 2.25. The zero-order valence-electron chi connectivity index (χ0n) is 8.72. The number of benzene rings is 1. The highest BCUT2D eigenvalue weighted by atomic mass is 19.1. The summed E-state index contributed by atoms with van der Waals surface area (Å²) in [5.74, 6) is -1.04. The third kappa shape index (κ3) is 2.89. The van der Waals surface area contributed by atoms with Crippen molar-refractivity contribution in [2.24, 2.45) is 5.73 Å². The van der Waals surface area contributed by atoms with Crippen molar-refractivity contribution in [1.29, 1.82) is 0 Å². The lowest BCUT2D eigenvalue weighted by molar-refractivity contribution is 0.380. The first-order valence-electron chi connectivity index (χ1n) is 4.91. The molecular formula is C11H15F2NO. The average molecular weight is 215 g/mol. The minimum absolute atomic E-state index is 0.0825. The largest absolute Gasteiger partial charge is 0.494 e. The zero-order valence-corrected chi connectivity index (χ0v) is 8.72. The molecule has 0 saturated heterocycles. The summed E-state index contributed by atoms with van der Waals surface area (Å²) < 4.78 is 31.6. The number of halogens is 2. The summed E-state index contributed by atoms with van der Waals surface area (Å²) in [5, 5.41) is 0. The monoisotopic (exact) mass is 215 g/mol. The summed E-state index contributed by atoms with van der Waals surface area (Å²) in [4.78, 5) is 0. The van der Waals surface area contributed by atoms with Crippen LogP contribution in [0.3, 0.4) is 0 Å². The summed E-state index contributed by atoms with van der Waals surface area (Å²) in [6.45, 7) is 0.535. The van der Waals surface area contributed by atoms with Gasteiger partial charge in [0, 0.05) is 5.56 Å². The molecule has 2 N–H and O–H groups in total. The molecule has 2 nitrogen and oxygen atoms in total. The number of ether oxygens (including phenoxy) is 1. The Morgan fingerprint density at radius 2 is 2.00 bits per heavy atom. The van der Waals surface area contributed by atoms with E-state index in [2.05, 4.69) is 0 Å². The van der Waals surface area contributed by atoms with Crippen molar-refractivity contribution < 1.29 is 13.5 Å². The Hall–Kier alpha value is -1.16. The van der Waals surface area contributed by atoms with E-state index in [0.29, 0.717) is 19.4 Å². The van der Waals surface area contributed by atoms with Crippen LogP contribution in [0.25, 0.3) is 0 Å². The van der Waals surface area contributed by atoms with Crippen molar-refractivity contribution in [3.8, 4) is 5.75 Å². The molecule has 84 valence electrons. The summed E-state index contributed by atoms with van der Waals surface area (Å²) in [6.07, 6.45) is 1.79. The van der Waals surface area contributed by atoms with Gasteiger partial charge in [-0.25, -0.2) is 8.78 Å². The Morgan fingerprint density at radius 1 is 1.27 bits per heavy atom. The molecule has 0 aliphatic rings. The highest BCUT2D eigenvalue weighted by molar-refractivity contribution is 5.32. The van der Waals surface area contributed by atoms with Crippen LogP contribution in [0.2, 0.25) is 0 Å². The lowest BCUT2D eigenvalue weighted by Gasteiger charge is -2.08. The minimum atomic E-state index is -0.602. The Bertz CT molecular complexity index is 329. The second kappa shape index (κ2) is 5.66. The number of methoxy groups -OCH3 is 1. The van der Waals surface area contributed by atoms with Crippen LogP contribution >= 0.6 is 0 Å². The smallest absolute Gasteiger partial charge is 0.171 e. The molecule has 4 heteroatoms. The quantitative estimate of drug-likeness (QED) is 0.764. The maximum Gasteiger partial charge on any atom is 0.171 e. The average Bonchev–Trinajstić information content (AvgIpc) is 2.23. The maximum absolute atomic E-state index is 13.6. The lowest BCUT2D eigenvalue weighted by Crippen LogP contribution is -2.02. The van der Waals surface area contributed by atoms with E-state index in [1.165, 1.54) is 19.2 Å². The maximum atomic E-state index is 13.6. The van der Waals surface area contributed by atoms with Crippen LogP contribution in [0.5, 0.6) is 5.75 Å². The van der Waals surface area contributed by atoms with E-state index in [1.807, 2.05) is 0 Å². The van der Waals surface area contributed by atoms with Crippen LogP contribution in [0.1, 0.15) is 18.4 Å². The van der Waals surface area contributed by atoms with Crippen molar-refractivity contribution in [2.45, 2.75) is 19.3 Å². The van der Waals surface area contributed by atoms with Gasteiger partial charge in [-0.1, -0.05) is 0 Å². The van der Waals surface area contributed by atoms with Crippen molar-refractivity contribution in [3.63, 3.8) is 0 Å². The van der Waals surface area contributed by atoms with Crippen molar-refractivity contribution in [1.82, 2.24) is 0 Å². The highest BCUT2D eigenvalue weighted by Gasteiger charge is 2.13. The summed E-state index contributed by atoms with van der Waals surface area (Å²) in [7, 11) is 1.36. The molecule has 0 aliphatic heterocycles. The standard InChI is InChI=1S/C11H15F2NO/c1-15-10-6-5-9(12)8(11(10)13)4-2-3-7-14/h5-6H,2-4,7,14H2,1H3. The molecular weight excluding hydrogens is 200 g/mol. The van der Waals surface area contributed by atoms with E-state index in [-0.39, 0.29) is 11.3 Å². The topological polar surface area (TPSA) is 35.2 Å². The number of nitrogens with two attached hydrogens (primary N) is 1. The number of rotatable bonds is 5. The summed E-state index contributed by atoms with van der Waals surface area (Å²) in [6, 6.07) is 2.51. The lowest BCUT2D eigenvalue weighted by atomic mass is 10.1. The fraction of sp³-hybridized carbons (Fsp3) is 0.455. The van der Waals surface area contributed by atoms with Gasteiger partial charge >= 0.3 is 0 Å². The van der Waals surface area contributed by atoms with Gasteiger partial charge in [-0.15, -0.1) is 0 Å². The Labute approximate surface area is 88.0 Å². The zero-order chi connectivity index (χ0) is 11.3. The van der Waals surface area contributed by atoms with Crippen LogP contribution in [-0.2, 0) is 6.42 Å². The molecule has 0 heterocycles. The molecule has 0 radical (unpaired) electrons. The minimum Gasteiger partial charge on any atom is -0.494 e. The first-order chi connectivity index (χ1) is 7.20. The molecule has 1 aromatic carbocycles. The molecule has 1 aromatic rings. The second-order valence-electron chi connectivity index (χ2n) is 3.29. The molecule has 0 unspecified atom stereocenters. The number of unbranched alkanes of at least 4 members (excludes halogenated alkanes) is 1. The molecule has 0 aromatic heterocycles. The highest BCUT2D eigenvalue weighted by Crippen LogP contribution is 2.24. The first kappa shape index (κ1) is 11.9. The molecule has 0 amide bonds. The van der Waals surface area contributed by atoms with Gasteiger partial charge in [0.2, 0.25) is 0 Å². The number of hydrogen-bond donors (Lipinski definition) is 1. The third-order valence-electron chi connectivity index (χ3n) is 2.25. The van der Waals surface area contributed by atoms with Crippen LogP contribution in [0.15, 0.2) is 12.1 Å². The number of hydrogen-bond acceptors (Lipinski definition) is 2. The SMILES string of the molecule is COc1ccc(F)c(CCCCN)c1F. The van der Waals surface area contributed by atoms with Gasteiger partial charge in [0.1, 0.15) is 5.82 Å². The van der Waals surface area contributed by atoms with E-state index >= 15 is 0 Å². The van der Waals surface area contributed by atoms with Crippen molar-refractivity contribution >= 4 is 0 Å². The van der Waals surface area contributed by atoms with Gasteiger partial charge in [0.15, 0.2) is 11.6 Å². The van der Waals surface area contributed by atoms with Crippen molar-refractivity contribution in [2.75, 3.05) is 13.7 Å². The molecule has 0 atom stereocenters. The van der Waals surface area contributed by atoms with Gasteiger partial charge < -0.3 is 10.5 Å². The summed E-state index contributed by atoms with van der Waals surface area (Å²) >= 11 is 0. The Balaban J connectivity index is 2.84. The van der Waals surface area contributed by atoms with Gasteiger partial charge in [-0.2, -0.15) is 0 Å². The molecule has 1 rings (SSSR count). The van der Waals surface area contributed by atoms with Gasteiger partial charge in [0.05, 0.1) is 7.11 Å². The van der Waals surface area contributed by atoms with Gasteiger partial charge in [-0.3, -0.25) is 0 Å². The van der Waals surface area contributed by atoms with Crippen molar-refractivity contribution in [3.05, 3.63) is 29.3 Å². The molecule has 0 aliphatic carbocycles. The molecule has 15 heavy (non-hydrogen) atoms. The second-order valence-corrected chi connectivity index (χ2v) is 3.29. The van der Waals surface area contributed by atoms with E-state index < -0.39 is 11.6 Å². The molecule has 0 spiro atoms. The Morgan fingerprint density at radius 3 is 2.60 bits per heavy atom. The third-order valence-corrected chi connectivity index (χ3v) is 2.25. The van der Waals surface area contributed by atoms with Crippen LogP contribution in [-0.4, -0.2) is 13.7 Å². The predicted molar refractivity (Wildman–Crippen MR) is 54.9 cm³/mol. The fourth-order valence-corrected chi connectivity index (χ4v) is 1.41. The van der Waals surface area contributed by atoms with E-state index in [9.17, 15) is 8.78 Å². The van der Waals surface area contributed by atoms with E-state index in [0.717, 1.165) is 6.42 Å². The van der Waals surface area contributed by atoms with E-state index in [1.54, 1.807) is 0 Å². The van der Waals surface area contributed by atoms with Gasteiger partial charge in [0.25, 0.3) is 0 Å². The fourth-order valence-electron chi connectivity index (χ4n) is 1.41. The van der Waals surface area contributed by atoms with Crippen LogP contribution < -0.4 is 10.5 Å². The molecule has 0 bridgehead atoms. The summed E-state index contributed by atoms with van der Waals surface area (Å²) in [5.41, 5.74) is 5.40. The Kier molecular flexibility index (Phi) is 4.49. The van der Waals surface area contributed by atoms with E-state index in [4.69, 9.17) is 10.5 Å². The normalized spacial score (nSPS) is 10.4. The molecule has 0 saturated carbocycles. The first-order valence-corrected chi connectivity index (χ1v) is 4.91. The molecule has 0 fully saturated rings.